The van der Waals surface area contributed by atoms with E-state index >= 15 is 0 Å². The van der Waals surface area contributed by atoms with Crippen molar-refractivity contribution in [3.8, 4) is 0 Å². The van der Waals surface area contributed by atoms with Crippen LogP contribution in [0.15, 0.2) is 40.8 Å². The Bertz CT molecular complexity index is 686. The predicted octanol–water partition coefficient (Wildman–Crippen LogP) is 2.96. The van der Waals surface area contributed by atoms with Crippen molar-refractivity contribution in [1.29, 1.82) is 0 Å². The minimum atomic E-state index is -0.786. The molecular weight excluding hydrogens is 310 g/mol. The van der Waals surface area contributed by atoms with Gasteiger partial charge in [-0.2, -0.15) is 5.10 Å². The zero-order valence-electron chi connectivity index (χ0n) is 13.1. The molecule has 0 bridgehead atoms. The number of hydrogen-bond donors (Lipinski definition) is 2. The predicted molar refractivity (Wildman–Crippen MR) is 93.9 cm³/mol. The highest BCUT2D eigenvalue weighted by Gasteiger charge is 2.16. The number of amides is 2. The Kier molecular flexibility index (Phi) is 6.05. The van der Waals surface area contributed by atoms with E-state index in [-0.39, 0.29) is 0 Å². The Labute approximate surface area is 139 Å². The van der Waals surface area contributed by atoms with Gasteiger partial charge in [-0.05, 0) is 35.4 Å². The number of aryl methyl sites for hydroxylation is 2. The Morgan fingerprint density at radius 3 is 2.35 bits per heavy atom. The molecule has 0 atom stereocenters. The number of benzene rings is 1. The lowest BCUT2D eigenvalue weighted by molar-refractivity contribution is -0.136. The summed E-state index contributed by atoms with van der Waals surface area (Å²) in [5.41, 5.74) is 4.98. The summed E-state index contributed by atoms with van der Waals surface area (Å²) in [4.78, 5) is 24.8. The van der Waals surface area contributed by atoms with E-state index in [9.17, 15) is 9.59 Å². The van der Waals surface area contributed by atoms with Crippen molar-refractivity contribution < 1.29 is 9.59 Å². The summed E-state index contributed by atoms with van der Waals surface area (Å²) in [6, 6.07) is 9.60. The van der Waals surface area contributed by atoms with Gasteiger partial charge in [-0.3, -0.25) is 9.59 Å². The van der Waals surface area contributed by atoms with Crippen molar-refractivity contribution in [3.63, 3.8) is 0 Å². The molecule has 2 amide bonds. The number of nitrogens with one attached hydrogen (secondary N) is 2. The van der Waals surface area contributed by atoms with E-state index < -0.39 is 11.8 Å². The number of hydrazone groups is 1. The third-order valence-corrected chi connectivity index (χ3v) is 4.15. The first kappa shape index (κ1) is 16.9. The molecule has 0 unspecified atom stereocenters. The Balaban J connectivity index is 2.02. The maximum atomic E-state index is 12.0. The molecule has 0 radical (unpaired) electrons. The summed E-state index contributed by atoms with van der Waals surface area (Å²) < 4.78 is 0. The Morgan fingerprint density at radius 2 is 1.78 bits per heavy atom. The zero-order chi connectivity index (χ0) is 16.7. The van der Waals surface area contributed by atoms with E-state index in [0.29, 0.717) is 0 Å². The minimum absolute atomic E-state index is 0.719. The van der Waals surface area contributed by atoms with Gasteiger partial charge in [0.15, 0.2) is 0 Å². The number of rotatable bonds is 5. The molecule has 0 aliphatic carbocycles. The molecule has 5 nitrogen and oxygen atoms in total. The molecule has 0 spiro atoms. The molecule has 0 aliphatic heterocycles. The second kappa shape index (κ2) is 8.24. The lowest BCUT2D eigenvalue weighted by Crippen LogP contribution is -2.33. The number of thiophene rings is 1. The van der Waals surface area contributed by atoms with Crippen LogP contribution < -0.4 is 10.7 Å². The van der Waals surface area contributed by atoms with Crippen molar-refractivity contribution in [1.82, 2.24) is 5.43 Å². The summed E-state index contributed by atoms with van der Waals surface area (Å²) >= 11 is 1.49. The SMILES string of the molecule is CCc1cccc(CC)c1NC(=O)C(=O)N/N=C\c1cccs1. The number of hydrogen-bond acceptors (Lipinski definition) is 4. The van der Waals surface area contributed by atoms with Crippen molar-refractivity contribution in [2.24, 2.45) is 5.10 Å². The highest BCUT2D eigenvalue weighted by Crippen LogP contribution is 2.22. The summed E-state index contributed by atoms with van der Waals surface area (Å²) in [5.74, 6) is -1.50. The van der Waals surface area contributed by atoms with Crippen LogP contribution in [0.5, 0.6) is 0 Å². The molecule has 6 heteroatoms. The van der Waals surface area contributed by atoms with Gasteiger partial charge in [0.1, 0.15) is 0 Å². The lowest BCUT2D eigenvalue weighted by atomic mass is 10.0. The number of carbonyl (C=O) groups is 2. The van der Waals surface area contributed by atoms with Gasteiger partial charge < -0.3 is 5.32 Å². The van der Waals surface area contributed by atoms with Gasteiger partial charge >= 0.3 is 11.8 Å². The van der Waals surface area contributed by atoms with Gasteiger partial charge in [-0.25, -0.2) is 5.43 Å². The van der Waals surface area contributed by atoms with Crippen molar-refractivity contribution in [2.75, 3.05) is 5.32 Å². The van der Waals surface area contributed by atoms with Gasteiger partial charge in [-0.15, -0.1) is 11.3 Å². The molecular formula is C17H19N3O2S. The second-order valence-electron chi connectivity index (χ2n) is 4.83. The quantitative estimate of drug-likeness (QED) is 0.503. The molecule has 1 aromatic heterocycles. The van der Waals surface area contributed by atoms with E-state index in [4.69, 9.17) is 0 Å². The van der Waals surface area contributed by atoms with Crippen LogP contribution in [-0.2, 0) is 22.4 Å². The second-order valence-corrected chi connectivity index (χ2v) is 5.81. The molecule has 1 heterocycles. The van der Waals surface area contributed by atoms with E-state index in [1.807, 2.05) is 49.6 Å². The van der Waals surface area contributed by atoms with Crippen molar-refractivity contribution >= 4 is 35.1 Å². The van der Waals surface area contributed by atoms with E-state index in [1.54, 1.807) is 0 Å². The highest BCUT2D eigenvalue weighted by molar-refractivity contribution is 7.11. The summed E-state index contributed by atoms with van der Waals surface area (Å²) in [7, 11) is 0. The average molecular weight is 329 g/mol. The van der Waals surface area contributed by atoms with Crippen LogP contribution in [0.1, 0.15) is 29.9 Å². The van der Waals surface area contributed by atoms with Crippen LogP contribution in [0.4, 0.5) is 5.69 Å². The zero-order valence-corrected chi connectivity index (χ0v) is 13.9. The molecule has 0 fully saturated rings. The lowest BCUT2D eigenvalue weighted by Gasteiger charge is -2.13. The maximum absolute atomic E-state index is 12.0. The van der Waals surface area contributed by atoms with Gasteiger partial charge in [0.25, 0.3) is 0 Å². The molecule has 0 saturated heterocycles. The third kappa shape index (κ3) is 4.50. The number of carbonyl (C=O) groups excluding carboxylic acids is 2. The van der Waals surface area contributed by atoms with Gasteiger partial charge in [-0.1, -0.05) is 38.1 Å². The fraction of sp³-hybridized carbons (Fsp3) is 0.235. The van der Waals surface area contributed by atoms with Gasteiger partial charge in [0, 0.05) is 10.6 Å². The van der Waals surface area contributed by atoms with Crippen LogP contribution in [0.3, 0.4) is 0 Å². The Hall–Kier alpha value is -2.47. The van der Waals surface area contributed by atoms with Crippen LogP contribution in [0, 0.1) is 0 Å². The summed E-state index contributed by atoms with van der Waals surface area (Å²) in [5, 5.41) is 8.40. The first-order valence-electron chi connectivity index (χ1n) is 7.44. The third-order valence-electron chi connectivity index (χ3n) is 3.34. The van der Waals surface area contributed by atoms with Gasteiger partial charge in [0.05, 0.1) is 6.21 Å². The monoisotopic (exact) mass is 329 g/mol. The van der Waals surface area contributed by atoms with E-state index in [2.05, 4.69) is 15.8 Å². The minimum Gasteiger partial charge on any atom is -0.317 e. The van der Waals surface area contributed by atoms with E-state index in [1.165, 1.54) is 17.6 Å². The van der Waals surface area contributed by atoms with Crippen molar-refractivity contribution in [3.05, 3.63) is 51.7 Å². The molecule has 2 N–H and O–H groups in total. The molecule has 2 aromatic rings. The molecule has 1 aromatic carbocycles. The molecule has 0 saturated carbocycles. The number of anilines is 1. The van der Waals surface area contributed by atoms with Crippen LogP contribution in [-0.4, -0.2) is 18.0 Å². The molecule has 23 heavy (non-hydrogen) atoms. The Morgan fingerprint density at radius 1 is 1.09 bits per heavy atom. The first-order chi connectivity index (χ1) is 11.2. The molecule has 0 aliphatic rings. The number of para-hydroxylation sites is 1. The normalized spacial score (nSPS) is 10.7. The summed E-state index contributed by atoms with van der Waals surface area (Å²) in [6.45, 7) is 4.02. The smallest absolute Gasteiger partial charge is 0.317 e. The van der Waals surface area contributed by atoms with Gasteiger partial charge in [0.2, 0.25) is 0 Å². The largest absolute Gasteiger partial charge is 0.329 e. The number of nitrogens with zero attached hydrogens (tertiary/aromatic N) is 1. The van der Waals surface area contributed by atoms with Crippen molar-refractivity contribution in [2.45, 2.75) is 26.7 Å². The van der Waals surface area contributed by atoms with Crippen LogP contribution in [0.25, 0.3) is 0 Å². The topological polar surface area (TPSA) is 70.6 Å². The fourth-order valence-corrected chi connectivity index (χ4v) is 2.73. The summed E-state index contributed by atoms with van der Waals surface area (Å²) in [6.07, 6.45) is 3.07. The fourth-order valence-electron chi connectivity index (χ4n) is 2.14. The standard InChI is InChI=1S/C17H19N3O2S/c1-3-12-7-5-8-13(4-2)15(12)19-16(21)17(22)20-18-11-14-9-6-10-23-14/h5-11H,3-4H2,1-2H3,(H,19,21)(H,20,22)/b18-11-. The average Bonchev–Trinajstić information content (AvgIpc) is 3.08. The maximum Gasteiger partial charge on any atom is 0.329 e. The highest BCUT2D eigenvalue weighted by atomic mass is 32.1. The van der Waals surface area contributed by atoms with Crippen LogP contribution >= 0.6 is 11.3 Å². The first-order valence-corrected chi connectivity index (χ1v) is 8.32. The molecule has 2 rings (SSSR count). The van der Waals surface area contributed by atoms with Crippen LogP contribution in [0.2, 0.25) is 0 Å². The van der Waals surface area contributed by atoms with E-state index in [0.717, 1.165) is 34.5 Å². The molecule has 120 valence electrons.